The lowest BCUT2D eigenvalue weighted by molar-refractivity contribution is -0.144. The first kappa shape index (κ1) is 14.7. The molecule has 0 radical (unpaired) electrons. The number of aliphatic hydroxyl groups is 1. The maximum absolute atomic E-state index is 12.7. The molecule has 4 heteroatoms. The van der Waals surface area contributed by atoms with Crippen molar-refractivity contribution in [2.75, 3.05) is 6.61 Å². The molecule has 1 unspecified atom stereocenters. The third-order valence-corrected chi connectivity index (χ3v) is 4.16. The molecule has 2 rings (SSSR count). The van der Waals surface area contributed by atoms with Crippen molar-refractivity contribution >= 4 is 11.8 Å². The second kappa shape index (κ2) is 5.37. The molecule has 1 fully saturated rings. The van der Waals surface area contributed by atoms with Crippen molar-refractivity contribution in [1.82, 2.24) is 4.90 Å². The second-order valence-electron chi connectivity index (χ2n) is 5.94. The Morgan fingerprint density at radius 2 is 1.85 bits per heavy atom. The van der Waals surface area contributed by atoms with Gasteiger partial charge in [-0.25, -0.2) is 0 Å². The summed E-state index contributed by atoms with van der Waals surface area (Å²) in [4.78, 5) is 26.3. The molecule has 1 aliphatic rings. The van der Waals surface area contributed by atoms with Gasteiger partial charge < -0.3 is 5.11 Å². The van der Waals surface area contributed by atoms with Crippen LogP contribution in [0.15, 0.2) is 30.3 Å². The highest BCUT2D eigenvalue weighted by Crippen LogP contribution is 2.37. The van der Waals surface area contributed by atoms with Crippen molar-refractivity contribution in [3.05, 3.63) is 35.9 Å². The highest BCUT2D eigenvalue weighted by Gasteiger charge is 2.51. The molecular weight excluding hydrogens is 254 g/mol. The molecule has 108 valence electrons. The van der Waals surface area contributed by atoms with Crippen molar-refractivity contribution < 1.29 is 14.7 Å². The topological polar surface area (TPSA) is 57.6 Å². The minimum Gasteiger partial charge on any atom is -0.394 e. The predicted octanol–water partition coefficient (Wildman–Crippen LogP) is 1.72. The van der Waals surface area contributed by atoms with Crippen LogP contribution in [0.1, 0.15) is 32.8 Å². The zero-order chi connectivity index (χ0) is 14.9. The van der Waals surface area contributed by atoms with E-state index in [1.165, 1.54) is 4.90 Å². The Labute approximate surface area is 119 Å². The summed E-state index contributed by atoms with van der Waals surface area (Å²) in [6.07, 6.45) is 0.166. The van der Waals surface area contributed by atoms with Gasteiger partial charge in [0, 0.05) is 6.42 Å². The van der Waals surface area contributed by atoms with Gasteiger partial charge in [0.25, 0.3) is 0 Å². The fourth-order valence-electron chi connectivity index (χ4n) is 2.80. The van der Waals surface area contributed by atoms with E-state index in [-0.39, 0.29) is 30.8 Å². The van der Waals surface area contributed by atoms with Gasteiger partial charge in [0.05, 0.1) is 18.1 Å². The first-order valence-electron chi connectivity index (χ1n) is 6.94. The Hall–Kier alpha value is -1.68. The summed E-state index contributed by atoms with van der Waals surface area (Å²) in [6, 6.07) is 8.92. The largest absolute Gasteiger partial charge is 0.394 e. The minimum atomic E-state index is -0.819. The van der Waals surface area contributed by atoms with Gasteiger partial charge in [-0.1, -0.05) is 44.2 Å². The van der Waals surface area contributed by atoms with E-state index in [0.29, 0.717) is 0 Å². The van der Waals surface area contributed by atoms with Crippen LogP contribution < -0.4 is 0 Å². The van der Waals surface area contributed by atoms with Gasteiger partial charge in [-0.3, -0.25) is 14.5 Å². The van der Waals surface area contributed by atoms with Crippen molar-refractivity contribution in [2.45, 2.75) is 38.6 Å². The smallest absolute Gasteiger partial charge is 0.240 e. The Bertz CT molecular complexity index is 512. The number of hydrogen-bond donors (Lipinski definition) is 1. The molecule has 20 heavy (non-hydrogen) atoms. The molecule has 1 aromatic rings. The molecule has 1 heterocycles. The summed E-state index contributed by atoms with van der Waals surface area (Å²) in [7, 11) is 0. The summed E-state index contributed by atoms with van der Waals surface area (Å²) in [5.41, 5.74) is 0.0296. The first-order valence-corrected chi connectivity index (χ1v) is 6.94. The molecule has 0 saturated carbocycles. The second-order valence-corrected chi connectivity index (χ2v) is 5.94. The van der Waals surface area contributed by atoms with E-state index in [1.807, 2.05) is 44.2 Å². The number of amides is 2. The van der Waals surface area contributed by atoms with E-state index in [1.54, 1.807) is 6.92 Å². The predicted molar refractivity (Wildman–Crippen MR) is 76.0 cm³/mol. The number of carbonyl (C=O) groups is 2. The number of aliphatic hydroxyl groups excluding tert-OH is 1. The maximum Gasteiger partial charge on any atom is 0.240 e. The zero-order valence-electron chi connectivity index (χ0n) is 12.2. The quantitative estimate of drug-likeness (QED) is 0.851. The number of carbonyl (C=O) groups excluding carboxylic acids is 2. The molecule has 0 aliphatic carbocycles. The van der Waals surface area contributed by atoms with E-state index in [0.717, 1.165) is 5.56 Å². The highest BCUT2D eigenvalue weighted by molar-refractivity contribution is 6.09. The fraction of sp³-hybridized carbons (Fsp3) is 0.500. The highest BCUT2D eigenvalue weighted by atomic mass is 16.3. The van der Waals surface area contributed by atoms with Crippen molar-refractivity contribution in [1.29, 1.82) is 0 Å². The number of nitrogens with zero attached hydrogens (tertiary/aromatic N) is 1. The van der Waals surface area contributed by atoms with Crippen LogP contribution in [0.5, 0.6) is 0 Å². The van der Waals surface area contributed by atoms with Crippen LogP contribution >= 0.6 is 0 Å². The summed E-state index contributed by atoms with van der Waals surface area (Å²) in [5.74, 6) is -0.374. The van der Waals surface area contributed by atoms with Gasteiger partial charge in [0.15, 0.2) is 0 Å². The van der Waals surface area contributed by atoms with Gasteiger partial charge in [0.2, 0.25) is 11.8 Å². The zero-order valence-corrected chi connectivity index (χ0v) is 12.2. The normalized spacial score (nSPS) is 24.6. The van der Waals surface area contributed by atoms with Crippen molar-refractivity contribution in [3.63, 3.8) is 0 Å². The standard InChI is InChI=1S/C16H21NO3/c1-11(2)13(10-18)17-14(19)9-16(3,15(17)20)12-7-5-4-6-8-12/h4-8,11,13,18H,9-10H2,1-3H3/t13-,16?/m0/s1. The van der Waals surface area contributed by atoms with Gasteiger partial charge in [-0.05, 0) is 18.4 Å². The Kier molecular flexibility index (Phi) is 3.95. The molecule has 2 atom stereocenters. The summed E-state index contributed by atoms with van der Waals surface area (Å²) < 4.78 is 0. The van der Waals surface area contributed by atoms with E-state index in [4.69, 9.17) is 0 Å². The fourth-order valence-corrected chi connectivity index (χ4v) is 2.80. The van der Waals surface area contributed by atoms with E-state index in [2.05, 4.69) is 0 Å². The molecule has 1 saturated heterocycles. The Morgan fingerprint density at radius 3 is 2.35 bits per heavy atom. The molecule has 0 bridgehead atoms. The number of likely N-dealkylation sites (tertiary alicyclic amines) is 1. The number of hydrogen-bond acceptors (Lipinski definition) is 3. The molecule has 0 spiro atoms. The van der Waals surface area contributed by atoms with Crippen LogP contribution in [0, 0.1) is 5.92 Å². The molecule has 4 nitrogen and oxygen atoms in total. The number of imide groups is 1. The molecular formula is C16H21NO3. The van der Waals surface area contributed by atoms with Gasteiger partial charge in [-0.2, -0.15) is 0 Å². The molecule has 2 amide bonds. The lowest BCUT2D eigenvalue weighted by Crippen LogP contribution is -2.47. The Balaban J connectivity index is 2.38. The lowest BCUT2D eigenvalue weighted by atomic mass is 9.81. The van der Waals surface area contributed by atoms with Crippen LogP contribution in [-0.2, 0) is 15.0 Å². The number of benzene rings is 1. The van der Waals surface area contributed by atoms with Crippen LogP contribution in [0.4, 0.5) is 0 Å². The van der Waals surface area contributed by atoms with Crippen molar-refractivity contribution in [2.24, 2.45) is 5.92 Å². The monoisotopic (exact) mass is 275 g/mol. The van der Waals surface area contributed by atoms with Crippen LogP contribution in [-0.4, -0.2) is 34.5 Å². The average Bonchev–Trinajstić information content (AvgIpc) is 2.65. The van der Waals surface area contributed by atoms with Crippen LogP contribution in [0.3, 0.4) is 0 Å². The Morgan fingerprint density at radius 1 is 1.25 bits per heavy atom. The van der Waals surface area contributed by atoms with Crippen LogP contribution in [0.25, 0.3) is 0 Å². The molecule has 0 aromatic heterocycles. The molecule has 1 aromatic carbocycles. The summed E-state index contributed by atoms with van der Waals surface area (Å²) in [5, 5.41) is 9.49. The SMILES string of the molecule is CC(C)[C@H](CO)N1C(=O)CC(C)(c2ccccc2)C1=O. The summed E-state index contributed by atoms with van der Waals surface area (Å²) >= 11 is 0. The van der Waals surface area contributed by atoms with E-state index < -0.39 is 11.5 Å². The third kappa shape index (κ3) is 2.24. The average molecular weight is 275 g/mol. The first-order chi connectivity index (χ1) is 9.41. The number of rotatable bonds is 4. The lowest BCUT2D eigenvalue weighted by Gasteiger charge is -2.30. The van der Waals surface area contributed by atoms with Crippen molar-refractivity contribution in [3.8, 4) is 0 Å². The van der Waals surface area contributed by atoms with Crippen LogP contribution in [0.2, 0.25) is 0 Å². The molecule has 1 N–H and O–H groups in total. The minimum absolute atomic E-state index is 0.0334. The summed E-state index contributed by atoms with van der Waals surface area (Å²) in [6.45, 7) is 5.41. The maximum atomic E-state index is 12.7. The van der Waals surface area contributed by atoms with Gasteiger partial charge >= 0.3 is 0 Å². The molecule has 1 aliphatic heterocycles. The van der Waals surface area contributed by atoms with Gasteiger partial charge in [-0.15, -0.1) is 0 Å². The van der Waals surface area contributed by atoms with E-state index in [9.17, 15) is 14.7 Å². The third-order valence-electron chi connectivity index (χ3n) is 4.16. The van der Waals surface area contributed by atoms with E-state index >= 15 is 0 Å². The van der Waals surface area contributed by atoms with Gasteiger partial charge in [0.1, 0.15) is 0 Å².